The van der Waals surface area contributed by atoms with Gasteiger partial charge < -0.3 is 14.7 Å². The number of nitrogens with one attached hydrogen (secondary N) is 1. The second-order valence-electron chi connectivity index (χ2n) is 6.32. The molecule has 0 spiro atoms. The zero-order valence-electron chi connectivity index (χ0n) is 12.7. The molecule has 1 amide bonds. The minimum absolute atomic E-state index is 0.155. The lowest BCUT2D eigenvalue weighted by Crippen LogP contribution is -2.40. The third kappa shape index (κ3) is 3.07. The number of carbonyl (C=O) groups is 2. The molecule has 21 heavy (non-hydrogen) atoms. The maximum Gasteiger partial charge on any atom is 0.326 e. The van der Waals surface area contributed by atoms with Crippen molar-refractivity contribution in [3.8, 4) is 0 Å². The summed E-state index contributed by atoms with van der Waals surface area (Å²) in [5.41, 5.74) is 0.917. The van der Waals surface area contributed by atoms with Crippen LogP contribution in [0.1, 0.15) is 43.4 Å². The van der Waals surface area contributed by atoms with Crippen LogP contribution in [0.25, 0.3) is 0 Å². The van der Waals surface area contributed by atoms with Gasteiger partial charge in [0.1, 0.15) is 11.7 Å². The van der Waals surface area contributed by atoms with Crippen LogP contribution in [-0.2, 0) is 14.9 Å². The Morgan fingerprint density at radius 1 is 1.48 bits per heavy atom. The number of likely N-dealkylation sites (tertiary alicyclic amines) is 1. The molecule has 0 aromatic carbocycles. The fourth-order valence-electron chi connectivity index (χ4n) is 2.39. The average molecular weight is 295 g/mol. The van der Waals surface area contributed by atoms with E-state index in [-0.39, 0.29) is 29.7 Å². The normalized spacial score (nSPS) is 22.6. The van der Waals surface area contributed by atoms with Gasteiger partial charge in [-0.1, -0.05) is 20.8 Å². The maximum atomic E-state index is 12.5. The molecule has 0 bridgehead atoms. The van der Waals surface area contributed by atoms with Crippen LogP contribution in [0.2, 0.25) is 0 Å². The van der Waals surface area contributed by atoms with Crippen LogP contribution in [0.15, 0.2) is 6.07 Å². The Bertz CT molecular complexity index is 547. The van der Waals surface area contributed by atoms with E-state index in [1.165, 1.54) is 12.0 Å². The summed E-state index contributed by atoms with van der Waals surface area (Å²) in [6.07, 6.45) is 0.0461. The zero-order chi connectivity index (χ0) is 15.8. The number of carboxylic acids is 1. The summed E-state index contributed by atoms with van der Waals surface area (Å²) in [6.45, 7) is 6.28. The van der Waals surface area contributed by atoms with Crippen LogP contribution in [-0.4, -0.2) is 57.9 Å². The number of methoxy groups -OCH3 is 1. The van der Waals surface area contributed by atoms with Gasteiger partial charge in [0.25, 0.3) is 5.91 Å². The molecule has 0 saturated carbocycles. The van der Waals surface area contributed by atoms with Crippen molar-refractivity contribution in [2.75, 3.05) is 13.7 Å². The molecule has 0 aliphatic carbocycles. The topological polar surface area (TPSA) is 95.5 Å². The SMILES string of the molecule is COC1CC(C(=O)O)N(C(=O)c2cc(C(C)(C)C)[nH]n2)C1. The van der Waals surface area contributed by atoms with Gasteiger partial charge in [-0.05, 0) is 6.07 Å². The highest BCUT2D eigenvalue weighted by Crippen LogP contribution is 2.24. The number of ether oxygens (including phenoxy) is 1. The van der Waals surface area contributed by atoms with Gasteiger partial charge >= 0.3 is 5.97 Å². The average Bonchev–Trinajstić information content (AvgIpc) is 3.04. The van der Waals surface area contributed by atoms with Crippen molar-refractivity contribution in [2.45, 2.75) is 44.8 Å². The molecular weight excluding hydrogens is 274 g/mol. The van der Waals surface area contributed by atoms with E-state index in [4.69, 9.17) is 4.74 Å². The third-order valence-electron chi connectivity index (χ3n) is 3.75. The van der Waals surface area contributed by atoms with Gasteiger partial charge in [0, 0.05) is 31.2 Å². The number of amides is 1. The van der Waals surface area contributed by atoms with E-state index in [0.29, 0.717) is 6.42 Å². The van der Waals surface area contributed by atoms with Crippen molar-refractivity contribution in [3.63, 3.8) is 0 Å². The molecule has 1 saturated heterocycles. The minimum Gasteiger partial charge on any atom is -0.480 e. The number of hydrogen-bond acceptors (Lipinski definition) is 4. The van der Waals surface area contributed by atoms with Gasteiger partial charge in [-0.2, -0.15) is 5.10 Å². The van der Waals surface area contributed by atoms with E-state index < -0.39 is 12.0 Å². The molecule has 1 aliphatic rings. The molecule has 2 atom stereocenters. The second kappa shape index (κ2) is 5.48. The number of H-pyrrole nitrogens is 1. The molecule has 1 aliphatic heterocycles. The van der Waals surface area contributed by atoms with Crippen LogP contribution in [0.3, 0.4) is 0 Å². The predicted molar refractivity (Wildman–Crippen MR) is 75.2 cm³/mol. The number of carboxylic acid groups (broad SMARTS) is 1. The molecule has 2 heterocycles. The summed E-state index contributed by atoms with van der Waals surface area (Å²) < 4.78 is 5.18. The molecule has 0 radical (unpaired) electrons. The first-order valence-corrected chi connectivity index (χ1v) is 6.86. The highest BCUT2D eigenvalue weighted by atomic mass is 16.5. The number of nitrogens with zero attached hydrogens (tertiary/aromatic N) is 2. The minimum atomic E-state index is -1.02. The molecule has 2 unspecified atom stereocenters. The number of hydrogen-bond donors (Lipinski definition) is 2. The lowest BCUT2D eigenvalue weighted by atomic mass is 9.92. The Hall–Kier alpha value is -1.89. The monoisotopic (exact) mass is 295 g/mol. The Labute approximate surface area is 123 Å². The Kier molecular flexibility index (Phi) is 4.04. The van der Waals surface area contributed by atoms with Crippen molar-refractivity contribution < 1.29 is 19.4 Å². The third-order valence-corrected chi connectivity index (χ3v) is 3.75. The summed E-state index contributed by atoms with van der Waals surface area (Å²) in [6, 6.07) is 0.818. The van der Waals surface area contributed by atoms with Crippen LogP contribution in [0, 0.1) is 0 Å². The van der Waals surface area contributed by atoms with E-state index in [2.05, 4.69) is 10.2 Å². The number of aromatic nitrogens is 2. The molecule has 1 fully saturated rings. The Morgan fingerprint density at radius 3 is 2.62 bits per heavy atom. The summed E-state index contributed by atoms with van der Waals surface area (Å²) in [5.74, 6) is -1.40. The Morgan fingerprint density at radius 2 is 2.14 bits per heavy atom. The van der Waals surface area contributed by atoms with E-state index in [0.717, 1.165) is 5.69 Å². The van der Waals surface area contributed by atoms with Gasteiger partial charge in [-0.15, -0.1) is 0 Å². The van der Waals surface area contributed by atoms with E-state index in [1.807, 2.05) is 20.8 Å². The van der Waals surface area contributed by atoms with E-state index in [1.54, 1.807) is 6.07 Å². The molecule has 2 rings (SSSR count). The fourth-order valence-corrected chi connectivity index (χ4v) is 2.39. The molecule has 7 heteroatoms. The largest absolute Gasteiger partial charge is 0.480 e. The van der Waals surface area contributed by atoms with E-state index in [9.17, 15) is 14.7 Å². The van der Waals surface area contributed by atoms with Gasteiger partial charge in [0.05, 0.1) is 6.10 Å². The van der Waals surface area contributed by atoms with Crippen molar-refractivity contribution in [1.29, 1.82) is 0 Å². The van der Waals surface area contributed by atoms with Gasteiger partial charge in [-0.3, -0.25) is 9.89 Å². The lowest BCUT2D eigenvalue weighted by Gasteiger charge is -2.20. The predicted octanol–water partition coefficient (Wildman–Crippen LogP) is 1.02. The highest BCUT2D eigenvalue weighted by molar-refractivity contribution is 5.95. The quantitative estimate of drug-likeness (QED) is 0.868. The van der Waals surface area contributed by atoms with Crippen LogP contribution < -0.4 is 0 Å². The van der Waals surface area contributed by atoms with Gasteiger partial charge in [-0.25, -0.2) is 4.79 Å². The zero-order valence-corrected chi connectivity index (χ0v) is 12.7. The molecule has 1 aromatic rings. The van der Waals surface area contributed by atoms with Crippen LogP contribution in [0.4, 0.5) is 0 Å². The molecular formula is C14H21N3O4. The first kappa shape index (κ1) is 15.5. The summed E-state index contributed by atoms with van der Waals surface area (Å²) in [5, 5.41) is 16.1. The summed E-state index contributed by atoms with van der Waals surface area (Å²) in [7, 11) is 1.52. The molecule has 7 nitrogen and oxygen atoms in total. The standard InChI is InChI=1S/C14H21N3O4/c1-14(2,3)11-6-9(15-16-11)12(18)17-7-8(21-4)5-10(17)13(19)20/h6,8,10H,5,7H2,1-4H3,(H,15,16)(H,19,20). The lowest BCUT2D eigenvalue weighted by molar-refractivity contribution is -0.141. The second-order valence-corrected chi connectivity index (χ2v) is 6.32. The molecule has 116 valence electrons. The molecule has 1 aromatic heterocycles. The fraction of sp³-hybridized carbons (Fsp3) is 0.643. The van der Waals surface area contributed by atoms with Crippen molar-refractivity contribution in [1.82, 2.24) is 15.1 Å². The molecule has 2 N–H and O–H groups in total. The van der Waals surface area contributed by atoms with Crippen molar-refractivity contribution in [2.24, 2.45) is 0 Å². The first-order valence-electron chi connectivity index (χ1n) is 6.86. The smallest absolute Gasteiger partial charge is 0.326 e. The van der Waals surface area contributed by atoms with Gasteiger partial charge in [0.15, 0.2) is 0 Å². The highest BCUT2D eigenvalue weighted by Gasteiger charge is 2.40. The van der Waals surface area contributed by atoms with Crippen LogP contribution in [0.5, 0.6) is 0 Å². The summed E-state index contributed by atoms with van der Waals surface area (Å²) in [4.78, 5) is 25.1. The van der Waals surface area contributed by atoms with E-state index >= 15 is 0 Å². The number of aliphatic carboxylic acids is 1. The van der Waals surface area contributed by atoms with Gasteiger partial charge in [0.2, 0.25) is 0 Å². The number of carbonyl (C=O) groups excluding carboxylic acids is 1. The number of rotatable bonds is 3. The Balaban J connectivity index is 2.22. The van der Waals surface area contributed by atoms with Crippen molar-refractivity contribution >= 4 is 11.9 Å². The number of aromatic amines is 1. The van der Waals surface area contributed by atoms with Crippen molar-refractivity contribution in [3.05, 3.63) is 17.5 Å². The maximum absolute atomic E-state index is 12.5. The first-order chi connectivity index (χ1) is 9.74. The summed E-state index contributed by atoms with van der Waals surface area (Å²) >= 11 is 0. The van der Waals surface area contributed by atoms with Crippen LogP contribution >= 0.6 is 0 Å².